The van der Waals surface area contributed by atoms with Gasteiger partial charge in [0.05, 0.1) is 17.9 Å². The molecule has 0 fully saturated rings. The maximum atomic E-state index is 13.6. The normalized spacial score (nSPS) is 10.9. The lowest BCUT2D eigenvalue weighted by molar-refractivity contribution is 0.527. The Balaban J connectivity index is 2.02. The second kappa shape index (κ2) is 5.21. The highest BCUT2D eigenvalue weighted by molar-refractivity contribution is 5.46. The van der Waals surface area contributed by atoms with Crippen LogP contribution in [0.2, 0.25) is 0 Å². The minimum absolute atomic E-state index is 0.224. The number of anilines is 1. The summed E-state index contributed by atoms with van der Waals surface area (Å²) in [7, 11) is 0. The molecule has 0 radical (unpaired) electrons. The van der Waals surface area contributed by atoms with Gasteiger partial charge in [-0.15, -0.1) is 0 Å². The molecule has 1 N–H and O–H groups in total. The van der Waals surface area contributed by atoms with Crippen molar-refractivity contribution in [1.29, 1.82) is 0 Å². The molecule has 0 unspecified atom stereocenters. The summed E-state index contributed by atoms with van der Waals surface area (Å²) in [5, 5.41) is 7.46. The van der Waals surface area contributed by atoms with E-state index in [-0.39, 0.29) is 5.82 Å². The summed E-state index contributed by atoms with van der Waals surface area (Å²) in [5.41, 5.74) is 2.34. The molecule has 96 valence electrons. The third-order valence-corrected chi connectivity index (χ3v) is 2.78. The summed E-state index contributed by atoms with van der Waals surface area (Å²) in [6.07, 6.45) is 1.94. The second-order valence-electron chi connectivity index (χ2n) is 4.72. The van der Waals surface area contributed by atoms with Gasteiger partial charge in [0.25, 0.3) is 0 Å². The molecule has 0 aliphatic rings. The fourth-order valence-corrected chi connectivity index (χ4v) is 1.71. The predicted octanol–water partition coefficient (Wildman–Crippen LogP) is 3.52. The Hall–Kier alpha value is -1.84. The highest BCUT2D eigenvalue weighted by atomic mass is 19.1. The number of hydrogen-bond acceptors (Lipinski definition) is 2. The van der Waals surface area contributed by atoms with Crippen molar-refractivity contribution in [3.05, 3.63) is 47.5 Å². The highest BCUT2D eigenvalue weighted by Crippen LogP contribution is 2.16. The lowest BCUT2D eigenvalue weighted by Crippen LogP contribution is -2.05. The Morgan fingerprint density at radius 1 is 1.33 bits per heavy atom. The van der Waals surface area contributed by atoms with Gasteiger partial charge < -0.3 is 5.32 Å². The molecule has 1 aromatic heterocycles. The van der Waals surface area contributed by atoms with Crippen molar-refractivity contribution >= 4 is 5.69 Å². The maximum Gasteiger partial charge on any atom is 0.146 e. The molecule has 0 spiro atoms. The van der Waals surface area contributed by atoms with Crippen LogP contribution in [-0.4, -0.2) is 9.78 Å². The lowest BCUT2D eigenvalue weighted by atomic mass is 10.2. The van der Waals surface area contributed by atoms with Crippen LogP contribution < -0.4 is 5.32 Å². The predicted molar refractivity (Wildman–Crippen MR) is 71.1 cm³/mol. The molecule has 3 nitrogen and oxygen atoms in total. The Morgan fingerprint density at radius 3 is 2.72 bits per heavy atom. The number of rotatable bonds is 4. The zero-order valence-electron chi connectivity index (χ0n) is 10.9. The van der Waals surface area contributed by atoms with Gasteiger partial charge in [0.2, 0.25) is 0 Å². The van der Waals surface area contributed by atoms with Crippen molar-refractivity contribution in [2.75, 3.05) is 5.32 Å². The third-order valence-electron chi connectivity index (χ3n) is 2.78. The van der Waals surface area contributed by atoms with Crippen LogP contribution in [0.3, 0.4) is 0 Å². The fourth-order valence-electron chi connectivity index (χ4n) is 1.71. The average Bonchev–Trinajstić information content (AvgIpc) is 2.76. The lowest BCUT2D eigenvalue weighted by Gasteiger charge is -2.07. The highest BCUT2D eigenvalue weighted by Gasteiger charge is 2.04. The van der Waals surface area contributed by atoms with Gasteiger partial charge in [-0.1, -0.05) is 6.07 Å². The minimum atomic E-state index is -0.224. The van der Waals surface area contributed by atoms with Crippen LogP contribution in [0.4, 0.5) is 10.1 Å². The van der Waals surface area contributed by atoms with E-state index in [0.717, 1.165) is 11.3 Å². The van der Waals surface area contributed by atoms with Gasteiger partial charge in [0.1, 0.15) is 5.82 Å². The molecule has 1 heterocycles. The number of benzene rings is 1. The largest absolute Gasteiger partial charge is 0.377 e. The average molecular weight is 247 g/mol. The van der Waals surface area contributed by atoms with Crippen molar-refractivity contribution in [2.45, 2.75) is 33.4 Å². The topological polar surface area (TPSA) is 29.9 Å². The molecular formula is C14H18FN3. The monoisotopic (exact) mass is 247 g/mol. The molecule has 0 aliphatic heterocycles. The van der Waals surface area contributed by atoms with E-state index in [1.807, 2.05) is 29.9 Å². The molecule has 1 aromatic carbocycles. The number of aryl methyl sites for hydroxylation is 1. The minimum Gasteiger partial charge on any atom is -0.377 e. The van der Waals surface area contributed by atoms with E-state index >= 15 is 0 Å². The van der Waals surface area contributed by atoms with Gasteiger partial charge in [-0.25, -0.2) is 4.39 Å². The number of hydrogen-bond donors (Lipinski definition) is 1. The van der Waals surface area contributed by atoms with E-state index in [2.05, 4.69) is 24.3 Å². The van der Waals surface area contributed by atoms with Crippen LogP contribution in [0, 0.1) is 12.7 Å². The Kier molecular flexibility index (Phi) is 3.65. The van der Waals surface area contributed by atoms with Crippen molar-refractivity contribution in [1.82, 2.24) is 9.78 Å². The van der Waals surface area contributed by atoms with Gasteiger partial charge in [-0.2, -0.15) is 5.10 Å². The zero-order chi connectivity index (χ0) is 13.1. The SMILES string of the molecule is Cc1ccc(NCc2ccn(C(C)C)n2)c(F)c1. The van der Waals surface area contributed by atoms with Crippen LogP contribution in [0.25, 0.3) is 0 Å². The van der Waals surface area contributed by atoms with Crippen molar-refractivity contribution in [3.8, 4) is 0 Å². The summed E-state index contributed by atoms with van der Waals surface area (Å²) >= 11 is 0. The van der Waals surface area contributed by atoms with Gasteiger partial charge in [-0.3, -0.25) is 4.68 Å². The van der Waals surface area contributed by atoms with E-state index < -0.39 is 0 Å². The van der Waals surface area contributed by atoms with Crippen LogP contribution >= 0.6 is 0 Å². The maximum absolute atomic E-state index is 13.6. The number of nitrogens with zero attached hydrogens (tertiary/aromatic N) is 2. The number of halogens is 1. The molecule has 0 amide bonds. The number of nitrogens with one attached hydrogen (secondary N) is 1. The van der Waals surface area contributed by atoms with Gasteiger partial charge >= 0.3 is 0 Å². The van der Waals surface area contributed by atoms with Crippen LogP contribution in [0.5, 0.6) is 0 Å². The zero-order valence-corrected chi connectivity index (χ0v) is 10.9. The quantitative estimate of drug-likeness (QED) is 0.895. The third kappa shape index (κ3) is 2.88. The molecule has 2 aromatic rings. The Bertz CT molecular complexity index is 532. The summed E-state index contributed by atoms with van der Waals surface area (Å²) in [6.45, 7) is 6.55. The first-order chi connectivity index (χ1) is 8.56. The van der Waals surface area contributed by atoms with Crippen molar-refractivity contribution in [2.24, 2.45) is 0 Å². The molecule has 0 bridgehead atoms. The molecule has 0 atom stereocenters. The Labute approximate surface area is 107 Å². The summed E-state index contributed by atoms with van der Waals surface area (Å²) in [4.78, 5) is 0. The summed E-state index contributed by atoms with van der Waals surface area (Å²) < 4.78 is 15.5. The fraction of sp³-hybridized carbons (Fsp3) is 0.357. The van der Waals surface area contributed by atoms with Crippen molar-refractivity contribution in [3.63, 3.8) is 0 Å². The van der Waals surface area contributed by atoms with E-state index in [0.29, 0.717) is 18.3 Å². The molecule has 0 saturated carbocycles. The van der Waals surface area contributed by atoms with E-state index in [1.165, 1.54) is 6.07 Å². The van der Waals surface area contributed by atoms with Gasteiger partial charge in [0, 0.05) is 12.2 Å². The molecule has 0 aliphatic carbocycles. The first-order valence-corrected chi connectivity index (χ1v) is 6.10. The Morgan fingerprint density at radius 2 is 2.11 bits per heavy atom. The number of aromatic nitrogens is 2. The van der Waals surface area contributed by atoms with E-state index in [4.69, 9.17) is 0 Å². The second-order valence-corrected chi connectivity index (χ2v) is 4.72. The van der Waals surface area contributed by atoms with Crippen LogP contribution in [0.1, 0.15) is 31.1 Å². The van der Waals surface area contributed by atoms with Crippen LogP contribution in [-0.2, 0) is 6.54 Å². The van der Waals surface area contributed by atoms with E-state index in [9.17, 15) is 4.39 Å². The summed E-state index contributed by atoms with van der Waals surface area (Å²) in [6, 6.07) is 7.45. The first-order valence-electron chi connectivity index (χ1n) is 6.10. The van der Waals surface area contributed by atoms with Gasteiger partial charge in [0.15, 0.2) is 0 Å². The molecule has 18 heavy (non-hydrogen) atoms. The smallest absolute Gasteiger partial charge is 0.146 e. The first kappa shape index (κ1) is 12.6. The van der Waals surface area contributed by atoms with Crippen LogP contribution in [0.15, 0.2) is 30.5 Å². The van der Waals surface area contributed by atoms with Crippen molar-refractivity contribution < 1.29 is 4.39 Å². The molecule has 4 heteroatoms. The summed E-state index contributed by atoms with van der Waals surface area (Å²) in [5.74, 6) is -0.224. The van der Waals surface area contributed by atoms with Gasteiger partial charge in [-0.05, 0) is 44.5 Å². The van der Waals surface area contributed by atoms with E-state index in [1.54, 1.807) is 6.07 Å². The standard InChI is InChI=1S/C14H18FN3/c1-10(2)18-7-6-12(17-18)9-16-14-5-4-11(3)8-13(14)15/h4-8,10,16H,9H2,1-3H3. The molecule has 2 rings (SSSR count). The molecular weight excluding hydrogens is 229 g/mol. The molecule has 0 saturated heterocycles.